The van der Waals surface area contributed by atoms with Gasteiger partial charge in [-0.1, -0.05) is 41.9 Å². The third-order valence-electron chi connectivity index (χ3n) is 3.34. The van der Waals surface area contributed by atoms with Crippen molar-refractivity contribution in [1.82, 2.24) is 4.90 Å². The monoisotopic (exact) mass is 316 g/mol. The van der Waals surface area contributed by atoms with Gasteiger partial charge in [-0.25, -0.2) is 0 Å². The molecule has 0 atom stereocenters. The second kappa shape index (κ2) is 5.84. The van der Waals surface area contributed by atoms with E-state index in [1.165, 1.54) is 0 Å². The maximum absolute atomic E-state index is 12.2. The third-order valence-corrected chi connectivity index (χ3v) is 4.03. The number of hydrogen-bond donors (Lipinski definition) is 0. The number of anilines is 1. The third kappa shape index (κ3) is 2.91. The predicted octanol–water partition coefficient (Wildman–Crippen LogP) is 3.47. The molecular weight excluding hydrogens is 304 g/mol. The lowest BCUT2D eigenvalue weighted by Crippen LogP contribution is -2.32. The molecule has 2 aromatic rings. The molecule has 21 heavy (non-hydrogen) atoms. The van der Waals surface area contributed by atoms with Gasteiger partial charge in [-0.2, -0.15) is 0 Å². The lowest BCUT2D eigenvalue weighted by molar-refractivity contribution is -0.116. The van der Waals surface area contributed by atoms with Gasteiger partial charge >= 0.3 is 0 Å². The molecule has 0 aromatic heterocycles. The van der Waals surface area contributed by atoms with Crippen LogP contribution in [0.15, 0.2) is 54.6 Å². The summed E-state index contributed by atoms with van der Waals surface area (Å²) in [6.45, 7) is 0.936. The van der Waals surface area contributed by atoms with Crippen LogP contribution >= 0.6 is 23.8 Å². The van der Waals surface area contributed by atoms with Crippen molar-refractivity contribution >= 4 is 40.5 Å². The number of hydrogen-bond acceptors (Lipinski definition) is 2. The smallest absolute Gasteiger partial charge is 0.252 e. The van der Waals surface area contributed by atoms with Crippen molar-refractivity contribution in [3.8, 4) is 0 Å². The average Bonchev–Trinajstić information content (AvgIpc) is 2.76. The molecule has 1 amide bonds. The molecule has 0 N–H and O–H groups in total. The van der Waals surface area contributed by atoms with E-state index in [1.807, 2.05) is 35.2 Å². The Morgan fingerprint density at radius 2 is 1.71 bits per heavy atom. The van der Waals surface area contributed by atoms with Crippen molar-refractivity contribution in [1.29, 1.82) is 0 Å². The van der Waals surface area contributed by atoms with E-state index >= 15 is 0 Å². The van der Waals surface area contributed by atoms with Crippen LogP contribution in [0.25, 0.3) is 0 Å². The summed E-state index contributed by atoms with van der Waals surface area (Å²) in [7, 11) is 0. The zero-order valence-corrected chi connectivity index (χ0v) is 12.8. The molecule has 3 nitrogen and oxygen atoms in total. The van der Waals surface area contributed by atoms with Crippen LogP contribution in [-0.4, -0.2) is 22.5 Å². The minimum atomic E-state index is -0.0155. The summed E-state index contributed by atoms with van der Waals surface area (Å²) in [4.78, 5) is 15.7. The topological polar surface area (TPSA) is 23.6 Å². The molecule has 0 saturated carbocycles. The number of benzene rings is 2. The maximum Gasteiger partial charge on any atom is 0.252 e. The largest absolute Gasteiger partial charge is 0.335 e. The lowest BCUT2D eigenvalue weighted by Gasteiger charge is -2.20. The van der Waals surface area contributed by atoms with E-state index in [1.54, 1.807) is 29.2 Å². The normalized spacial score (nSPS) is 14.9. The van der Waals surface area contributed by atoms with E-state index in [-0.39, 0.29) is 5.91 Å². The van der Waals surface area contributed by atoms with Gasteiger partial charge in [-0.3, -0.25) is 9.69 Å². The molecule has 5 heteroatoms. The van der Waals surface area contributed by atoms with Crippen molar-refractivity contribution in [3.63, 3.8) is 0 Å². The first-order valence-electron chi connectivity index (χ1n) is 6.56. The Hall–Kier alpha value is -1.91. The number of thiocarbonyl (C=S) groups is 1. The molecule has 1 saturated heterocycles. The number of carbonyl (C=O) groups excluding carboxylic acids is 1. The van der Waals surface area contributed by atoms with Crippen molar-refractivity contribution in [2.24, 2.45) is 0 Å². The predicted molar refractivity (Wildman–Crippen MR) is 88.4 cm³/mol. The van der Waals surface area contributed by atoms with Gasteiger partial charge in [0.05, 0.1) is 5.69 Å². The van der Waals surface area contributed by atoms with Gasteiger partial charge in [-0.05, 0) is 42.0 Å². The van der Waals surface area contributed by atoms with Gasteiger partial charge in [0.2, 0.25) is 0 Å². The number of amides is 1. The fourth-order valence-electron chi connectivity index (χ4n) is 2.32. The Balaban J connectivity index is 1.80. The fraction of sp³-hybridized carbons (Fsp3) is 0.125. The molecule has 0 unspecified atom stereocenters. The van der Waals surface area contributed by atoms with Gasteiger partial charge in [0.15, 0.2) is 5.11 Å². The summed E-state index contributed by atoms with van der Waals surface area (Å²) in [6, 6.07) is 17.1. The van der Waals surface area contributed by atoms with Crippen molar-refractivity contribution < 1.29 is 4.79 Å². The highest BCUT2D eigenvalue weighted by Gasteiger charge is 2.33. The van der Waals surface area contributed by atoms with Crippen molar-refractivity contribution in [2.75, 3.05) is 11.4 Å². The Kier molecular flexibility index (Phi) is 3.90. The standard InChI is InChI=1S/C16H13ClN2OS/c17-13-6-8-14(9-7-13)19-15(20)11-18(16(19)21)10-12-4-2-1-3-5-12/h1-9H,10-11H2. The molecule has 1 aliphatic heterocycles. The molecule has 106 valence electrons. The molecular formula is C16H13ClN2OS. The van der Waals surface area contributed by atoms with Crippen LogP contribution in [0.4, 0.5) is 5.69 Å². The van der Waals surface area contributed by atoms with Gasteiger partial charge in [0, 0.05) is 11.6 Å². The summed E-state index contributed by atoms with van der Waals surface area (Å²) in [5, 5.41) is 1.17. The van der Waals surface area contributed by atoms with Crippen molar-refractivity contribution in [2.45, 2.75) is 6.54 Å². The average molecular weight is 317 g/mol. The van der Waals surface area contributed by atoms with Gasteiger partial charge < -0.3 is 4.90 Å². The molecule has 3 rings (SSSR count). The Labute approximate surface area is 133 Å². The first-order chi connectivity index (χ1) is 10.1. The number of nitrogens with zero attached hydrogens (tertiary/aromatic N) is 2. The van der Waals surface area contributed by atoms with Gasteiger partial charge in [-0.15, -0.1) is 0 Å². The first-order valence-corrected chi connectivity index (χ1v) is 7.35. The molecule has 0 bridgehead atoms. The van der Waals surface area contributed by atoms with E-state index in [4.69, 9.17) is 23.8 Å². The van der Waals surface area contributed by atoms with Crippen LogP contribution in [0.2, 0.25) is 5.02 Å². The van der Waals surface area contributed by atoms with Crippen LogP contribution in [0.3, 0.4) is 0 Å². The van der Waals surface area contributed by atoms with Crippen LogP contribution in [0.1, 0.15) is 5.56 Å². The molecule has 1 fully saturated rings. The molecule has 1 heterocycles. The summed E-state index contributed by atoms with van der Waals surface area (Å²) >= 11 is 11.3. The minimum absolute atomic E-state index is 0.0155. The SMILES string of the molecule is O=C1CN(Cc2ccccc2)C(=S)N1c1ccc(Cl)cc1. The van der Waals surface area contributed by atoms with E-state index in [9.17, 15) is 4.79 Å². The molecule has 0 spiro atoms. The fourth-order valence-corrected chi connectivity index (χ4v) is 2.78. The second-order valence-electron chi connectivity index (χ2n) is 4.83. The molecule has 2 aromatic carbocycles. The summed E-state index contributed by atoms with van der Waals surface area (Å²) in [5.74, 6) is -0.0155. The quantitative estimate of drug-likeness (QED) is 0.810. The summed E-state index contributed by atoms with van der Waals surface area (Å²) < 4.78 is 0. The van der Waals surface area contributed by atoms with E-state index < -0.39 is 0 Å². The van der Waals surface area contributed by atoms with Crippen molar-refractivity contribution in [3.05, 3.63) is 65.2 Å². The Bertz CT molecular complexity index is 672. The second-order valence-corrected chi connectivity index (χ2v) is 5.63. The highest BCUT2D eigenvalue weighted by Crippen LogP contribution is 2.24. The first kappa shape index (κ1) is 14.0. The van der Waals surface area contributed by atoms with Crippen LogP contribution in [0, 0.1) is 0 Å². The minimum Gasteiger partial charge on any atom is -0.335 e. The maximum atomic E-state index is 12.2. The number of rotatable bonds is 3. The Morgan fingerprint density at radius 3 is 2.38 bits per heavy atom. The van der Waals surface area contributed by atoms with E-state index in [0.717, 1.165) is 11.3 Å². The molecule has 0 aliphatic carbocycles. The van der Waals surface area contributed by atoms with E-state index in [0.29, 0.717) is 23.2 Å². The molecule has 0 radical (unpaired) electrons. The lowest BCUT2D eigenvalue weighted by atomic mass is 10.2. The van der Waals surface area contributed by atoms with Crippen LogP contribution in [0.5, 0.6) is 0 Å². The summed E-state index contributed by atoms with van der Waals surface area (Å²) in [5.41, 5.74) is 1.88. The van der Waals surface area contributed by atoms with Gasteiger partial charge in [0.25, 0.3) is 5.91 Å². The van der Waals surface area contributed by atoms with Crippen LogP contribution in [-0.2, 0) is 11.3 Å². The highest BCUT2D eigenvalue weighted by molar-refractivity contribution is 7.80. The highest BCUT2D eigenvalue weighted by atomic mass is 35.5. The van der Waals surface area contributed by atoms with Crippen LogP contribution < -0.4 is 4.90 Å². The molecule has 1 aliphatic rings. The zero-order valence-electron chi connectivity index (χ0n) is 11.2. The number of halogens is 1. The van der Waals surface area contributed by atoms with Gasteiger partial charge in [0.1, 0.15) is 6.54 Å². The zero-order chi connectivity index (χ0) is 14.8. The number of carbonyl (C=O) groups is 1. The van der Waals surface area contributed by atoms with E-state index in [2.05, 4.69) is 0 Å². The Morgan fingerprint density at radius 1 is 1.05 bits per heavy atom. The summed E-state index contributed by atoms with van der Waals surface area (Å²) in [6.07, 6.45) is 0.